The number of nitrogens with one attached hydrogen (secondary N) is 1. The summed E-state index contributed by atoms with van der Waals surface area (Å²) in [5, 5.41) is 11.0. The predicted octanol–water partition coefficient (Wildman–Crippen LogP) is 5.12. The average molecular weight is 420 g/mol. The number of hydrogen-bond acceptors (Lipinski definition) is 5. The zero-order valence-electron chi connectivity index (χ0n) is 17.7. The van der Waals surface area contributed by atoms with Gasteiger partial charge in [0.05, 0.1) is 17.1 Å². The van der Waals surface area contributed by atoms with Gasteiger partial charge in [0.15, 0.2) is 5.78 Å². The van der Waals surface area contributed by atoms with Crippen LogP contribution in [0, 0.1) is 24.0 Å². The van der Waals surface area contributed by atoms with E-state index in [0.29, 0.717) is 22.4 Å². The first-order chi connectivity index (χ1) is 14.8. The van der Waals surface area contributed by atoms with Crippen LogP contribution in [0.15, 0.2) is 54.6 Å². The van der Waals surface area contributed by atoms with Crippen LogP contribution in [0.25, 0.3) is 0 Å². The summed E-state index contributed by atoms with van der Waals surface area (Å²) >= 11 is 0. The number of nitrogens with zero attached hydrogens (tertiary/aromatic N) is 1. The Kier molecular flexibility index (Phi) is 6.65. The van der Waals surface area contributed by atoms with Crippen LogP contribution >= 0.6 is 0 Å². The Balaban J connectivity index is 2.06. The summed E-state index contributed by atoms with van der Waals surface area (Å²) in [4.78, 5) is 39.3. The van der Waals surface area contributed by atoms with Crippen LogP contribution in [0.2, 0.25) is 0 Å². The van der Waals surface area contributed by atoms with Crippen molar-refractivity contribution in [3.05, 3.63) is 98.4 Å². The molecular weight excluding hydrogens is 396 g/mol. The molecule has 0 aliphatic rings. The third kappa shape index (κ3) is 4.71. The second-order valence-electron chi connectivity index (χ2n) is 7.28. The lowest BCUT2D eigenvalue weighted by Gasteiger charge is -2.17. The van der Waals surface area contributed by atoms with Crippen LogP contribution in [0.5, 0.6) is 0 Å². The van der Waals surface area contributed by atoms with Crippen molar-refractivity contribution in [2.45, 2.75) is 33.1 Å². The van der Waals surface area contributed by atoms with Gasteiger partial charge in [-0.3, -0.25) is 14.9 Å². The molecule has 0 aliphatic carbocycles. The van der Waals surface area contributed by atoms with E-state index >= 15 is 0 Å². The second kappa shape index (κ2) is 9.38. The molecule has 0 saturated carbocycles. The smallest absolute Gasteiger partial charge is 0.340 e. The lowest BCUT2D eigenvalue weighted by Crippen LogP contribution is -2.11. The molecule has 1 N–H and O–H groups in total. The summed E-state index contributed by atoms with van der Waals surface area (Å²) < 4.78 is 5.18. The number of benzene rings is 2. The van der Waals surface area contributed by atoms with Gasteiger partial charge in [0.1, 0.15) is 0 Å². The number of hydrogen-bond donors (Lipinski definition) is 1. The van der Waals surface area contributed by atoms with Gasteiger partial charge in [0.2, 0.25) is 0 Å². The van der Waals surface area contributed by atoms with Gasteiger partial charge in [0, 0.05) is 41.4 Å². The van der Waals surface area contributed by atoms with E-state index in [0.717, 1.165) is 11.3 Å². The molecule has 0 bridgehead atoms. The van der Waals surface area contributed by atoms with E-state index in [9.17, 15) is 19.7 Å². The molecule has 7 heteroatoms. The number of rotatable bonds is 8. The molecule has 2 aromatic carbocycles. The van der Waals surface area contributed by atoms with Crippen LogP contribution in [0.1, 0.15) is 62.5 Å². The molecule has 1 heterocycles. The molecule has 7 nitrogen and oxygen atoms in total. The highest BCUT2D eigenvalue weighted by atomic mass is 16.6. The van der Waals surface area contributed by atoms with E-state index in [2.05, 4.69) is 4.98 Å². The number of ether oxygens (including phenoxy) is 1. The number of Topliss-reactive ketones (excluding diaryl/α,β-unsaturated/α-hetero) is 1. The summed E-state index contributed by atoms with van der Waals surface area (Å²) in [6.07, 6.45) is 0.144. The molecule has 0 amide bonds. The fourth-order valence-electron chi connectivity index (χ4n) is 3.77. The van der Waals surface area contributed by atoms with Crippen molar-refractivity contribution in [2.24, 2.45) is 0 Å². The van der Waals surface area contributed by atoms with Gasteiger partial charge in [-0.2, -0.15) is 0 Å². The maximum Gasteiger partial charge on any atom is 0.340 e. The van der Waals surface area contributed by atoms with E-state index in [1.807, 2.05) is 13.0 Å². The van der Waals surface area contributed by atoms with Crippen LogP contribution in [0.4, 0.5) is 5.69 Å². The summed E-state index contributed by atoms with van der Waals surface area (Å²) in [7, 11) is 0. The first kappa shape index (κ1) is 22.0. The molecule has 0 radical (unpaired) electrons. The minimum atomic E-state index is -0.462. The molecule has 0 saturated heterocycles. The SMILES string of the molecule is CCOC(=O)c1c(C)[nH]c(C(CC(=O)c2ccccc2)c2ccc([N+](=O)[O-])cc2)c1C. The van der Waals surface area contributed by atoms with Gasteiger partial charge in [-0.25, -0.2) is 4.79 Å². The molecule has 1 atom stereocenters. The number of nitro benzene ring substituents is 1. The number of carbonyl (C=O) groups is 2. The molecule has 31 heavy (non-hydrogen) atoms. The van der Waals surface area contributed by atoms with Gasteiger partial charge in [-0.15, -0.1) is 0 Å². The van der Waals surface area contributed by atoms with Gasteiger partial charge in [0.25, 0.3) is 5.69 Å². The Morgan fingerprint density at radius 2 is 1.71 bits per heavy atom. The number of esters is 1. The Morgan fingerprint density at radius 3 is 2.29 bits per heavy atom. The van der Waals surface area contributed by atoms with E-state index < -0.39 is 16.8 Å². The normalized spacial score (nSPS) is 11.7. The minimum absolute atomic E-state index is 0.0245. The largest absolute Gasteiger partial charge is 0.462 e. The van der Waals surface area contributed by atoms with Gasteiger partial charge in [-0.05, 0) is 31.9 Å². The quantitative estimate of drug-likeness (QED) is 0.236. The minimum Gasteiger partial charge on any atom is -0.462 e. The lowest BCUT2D eigenvalue weighted by atomic mass is 9.87. The van der Waals surface area contributed by atoms with Crippen LogP contribution in [-0.2, 0) is 4.74 Å². The Labute approximate surface area is 180 Å². The lowest BCUT2D eigenvalue weighted by molar-refractivity contribution is -0.384. The van der Waals surface area contributed by atoms with Crippen molar-refractivity contribution in [2.75, 3.05) is 6.61 Å². The number of aromatic nitrogens is 1. The Hall–Kier alpha value is -3.74. The number of aromatic amines is 1. The van der Waals surface area contributed by atoms with Crippen molar-refractivity contribution in [3.63, 3.8) is 0 Å². The number of nitro groups is 1. The van der Waals surface area contributed by atoms with Crippen molar-refractivity contribution in [3.8, 4) is 0 Å². The summed E-state index contributed by atoms with van der Waals surface area (Å²) in [6.45, 7) is 5.61. The van der Waals surface area contributed by atoms with E-state index in [4.69, 9.17) is 4.74 Å². The molecule has 160 valence electrons. The summed E-state index contributed by atoms with van der Waals surface area (Å²) in [6, 6.07) is 15.1. The number of carbonyl (C=O) groups excluding carboxylic acids is 2. The molecule has 0 spiro atoms. The summed E-state index contributed by atoms with van der Waals surface area (Å²) in [5.41, 5.74) is 3.85. The van der Waals surface area contributed by atoms with Crippen LogP contribution in [-0.4, -0.2) is 28.3 Å². The van der Waals surface area contributed by atoms with Crippen LogP contribution < -0.4 is 0 Å². The topological polar surface area (TPSA) is 102 Å². The molecule has 1 unspecified atom stereocenters. The average Bonchev–Trinajstić information content (AvgIpc) is 3.06. The zero-order valence-corrected chi connectivity index (χ0v) is 17.7. The predicted molar refractivity (Wildman–Crippen MR) is 117 cm³/mol. The van der Waals surface area contributed by atoms with Crippen molar-refractivity contribution in [1.82, 2.24) is 4.98 Å². The first-order valence-corrected chi connectivity index (χ1v) is 10.0. The Bertz CT molecular complexity index is 1100. The second-order valence-corrected chi connectivity index (χ2v) is 7.28. The zero-order chi connectivity index (χ0) is 22.5. The fraction of sp³-hybridized carbons (Fsp3) is 0.250. The fourth-order valence-corrected chi connectivity index (χ4v) is 3.77. The van der Waals surface area contributed by atoms with E-state index in [-0.39, 0.29) is 24.5 Å². The third-order valence-corrected chi connectivity index (χ3v) is 5.30. The third-order valence-electron chi connectivity index (χ3n) is 5.30. The van der Waals surface area contributed by atoms with Crippen molar-refractivity contribution < 1.29 is 19.2 Å². The van der Waals surface area contributed by atoms with Gasteiger partial charge < -0.3 is 9.72 Å². The monoisotopic (exact) mass is 420 g/mol. The maximum absolute atomic E-state index is 13.0. The van der Waals surface area contributed by atoms with Crippen molar-refractivity contribution in [1.29, 1.82) is 0 Å². The molecule has 1 aromatic heterocycles. The molecule has 0 fully saturated rings. The maximum atomic E-state index is 13.0. The number of H-pyrrole nitrogens is 1. The molecule has 3 rings (SSSR count). The highest BCUT2D eigenvalue weighted by Crippen LogP contribution is 2.34. The molecule has 3 aromatic rings. The standard InChI is InChI=1S/C24H24N2O5/c1-4-31-24(28)22-15(2)23(25-16(22)3)20(14-21(27)18-8-6-5-7-9-18)17-10-12-19(13-11-17)26(29)30/h5-13,20,25H,4,14H2,1-3H3. The first-order valence-electron chi connectivity index (χ1n) is 10.0. The molecule has 0 aliphatic heterocycles. The summed E-state index contributed by atoms with van der Waals surface area (Å²) in [5.74, 6) is -0.888. The van der Waals surface area contributed by atoms with Gasteiger partial charge in [-0.1, -0.05) is 42.5 Å². The number of aryl methyl sites for hydroxylation is 1. The van der Waals surface area contributed by atoms with Gasteiger partial charge >= 0.3 is 5.97 Å². The highest BCUT2D eigenvalue weighted by Gasteiger charge is 2.27. The number of ketones is 1. The highest BCUT2D eigenvalue weighted by molar-refractivity contribution is 5.97. The molecular formula is C24H24N2O5. The Morgan fingerprint density at radius 1 is 1.06 bits per heavy atom. The number of non-ortho nitro benzene ring substituents is 1. The van der Waals surface area contributed by atoms with Crippen LogP contribution in [0.3, 0.4) is 0 Å². The van der Waals surface area contributed by atoms with E-state index in [1.165, 1.54) is 12.1 Å². The van der Waals surface area contributed by atoms with E-state index in [1.54, 1.807) is 50.2 Å². The van der Waals surface area contributed by atoms with Crippen molar-refractivity contribution >= 4 is 17.4 Å².